The summed E-state index contributed by atoms with van der Waals surface area (Å²) in [5.74, 6) is -0.418. The van der Waals surface area contributed by atoms with E-state index in [4.69, 9.17) is 0 Å². The number of carbonyl (C=O) groups excluding carboxylic acids is 1. The number of hydrazone groups is 1. The Morgan fingerprint density at radius 3 is 2.94 bits per heavy atom. The van der Waals surface area contributed by atoms with E-state index in [1.165, 1.54) is 12.4 Å². The summed E-state index contributed by atoms with van der Waals surface area (Å²) in [4.78, 5) is 15.2. The van der Waals surface area contributed by atoms with Gasteiger partial charge in [-0.05, 0) is 17.7 Å². The molecule has 0 aliphatic rings. The van der Waals surface area contributed by atoms with Crippen molar-refractivity contribution in [2.45, 2.75) is 0 Å². The maximum absolute atomic E-state index is 11.3. The minimum atomic E-state index is -0.418. The van der Waals surface area contributed by atoms with Crippen LogP contribution in [0.25, 0.3) is 0 Å². The predicted octanol–water partition coefficient (Wildman–Crippen LogP) is -0.0364. The molecule has 0 bridgehead atoms. The summed E-state index contributed by atoms with van der Waals surface area (Å²) in [6.45, 7) is 0. The average Bonchev–Trinajstić information content (AvgIpc) is 2.84. The summed E-state index contributed by atoms with van der Waals surface area (Å²) < 4.78 is 0. The zero-order chi connectivity index (χ0) is 11.2. The third kappa shape index (κ3) is 2.47. The Bertz CT molecular complexity index is 478. The first kappa shape index (κ1) is 9.97. The van der Waals surface area contributed by atoms with Gasteiger partial charge in [-0.2, -0.15) is 5.10 Å². The summed E-state index contributed by atoms with van der Waals surface area (Å²) in [7, 11) is 0. The Hall–Kier alpha value is -2.57. The van der Waals surface area contributed by atoms with Gasteiger partial charge in [0.15, 0.2) is 5.69 Å². The van der Waals surface area contributed by atoms with Gasteiger partial charge in [-0.3, -0.25) is 14.9 Å². The van der Waals surface area contributed by atoms with Crippen molar-refractivity contribution in [3.8, 4) is 0 Å². The van der Waals surface area contributed by atoms with Crippen LogP contribution in [-0.4, -0.2) is 32.5 Å². The maximum atomic E-state index is 11.3. The summed E-state index contributed by atoms with van der Waals surface area (Å²) >= 11 is 0. The molecule has 0 aromatic carbocycles. The van der Waals surface area contributed by atoms with Crippen LogP contribution >= 0.6 is 0 Å². The van der Waals surface area contributed by atoms with E-state index in [0.717, 1.165) is 5.56 Å². The second-order valence-electron chi connectivity index (χ2n) is 2.84. The van der Waals surface area contributed by atoms with Crippen LogP contribution < -0.4 is 5.43 Å². The van der Waals surface area contributed by atoms with Crippen LogP contribution in [-0.2, 0) is 0 Å². The average molecular weight is 216 g/mol. The molecule has 80 valence electrons. The normalized spacial score (nSPS) is 10.5. The minimum absolute atomic E-state index is 0.187. The van der Waals surface area contributed by atoms with Crippen molar-refractivity contribution in [1.29, 1.82) is 0 Å². The highest BCUT2D eigenvalue weighted by Gasteiger charge is 2.05. The first-order valence-corrected chi connectivity index (χ1v) is 4.46. The highest BCUT2D eigenvalue weighted by Crippen LogP contribution is 1.91. The SMILES string of the molecule is O=C(N/N=C/c1ccncc1)c1c[nH]nn1. The molecule has 0 radical (unpaired) electrons. The van der Waals surface area contributed by atoms with Crippen molar-refractivity contribution < 1.29 is 4.79 Å². The number of carbonyl (C=O) groups is 1. The smallest absolute Gasteiger partial charge is 0.265 e. The van der Waals surface area contributed by atoms with E-state index < -0.39 is 5.91 Å². The van der Waals surface area contributed by atoms with Crippen molar-refractivity contribution in [2.24, 2.45) is 5.10 Å². The van der Waals surface area contributed by atoms with E-state index in [2.05, 4.69) is 30.9 Å². The molecule has 1 amide bonds. The number of amides is 1. The topological polar surface area (TPSA) is 95.9 Å². The number of H-pyrrole nitrogens is 1. The summed E-state index contributed by atoms with van der Waals surface area (Å²) in [6, 6.07) is 3.54. The Kier molecular flexibility index (Phi) is 2.98. The third-order valence-corrected chi connectivity index (χ3v) is 1.74. The van der Waals surface area contributed by atoms with Crippen LogP contribution in [0.3, 0.4) is 0 Å². The fraction of sp³-hybridized carbons (Fsp3) is 0. The molecule has 0 saturated heterocycles. The number of pyridine rings is 1. The van der Waals surface area contributed by atoms with Gasteiger partial charge in [0.05, 0.1) is 12.4 Å². The van der Waals surface area contributed by atoms with Gasteiger partial charge in [-0.15, -0.1) is 5.10 Å². The van der Waals surface area contributed by atoms with Crippen LogP contribution in [0.15, 0.2) is 35.8 Å². The number of hydrogen-bond acceptors (Lipinski definition) is 5. The standard InChI is InChI=1S/C9H8N6O/c16-9(8-6-12-15-13-8)14-11-5-7-1-3-10-4-2-7/h1-6H,(H,14,16)(H,12,13,15)/b11-5+. The quantitative estimate of drug-likeness (QED) is 0.556. The monoisotopic (exact) mass is 216 g/mol. The van der Waals surface area contributed by atoms with Crippen LogP contribution in [0.5, 0.6) is 0 Å². The largest absolute Gasteiger partial charge is 0.293 e. The van der Waals surface area contributed by atoms with Gasteiger partial charge >= 0.3 is 0 Å². The molecule has 0 atom stereocenters. The number of nitrogens with zero attached hydrogens (tertiary/aromatic N) is 4. The first-order valence-electron chi connectivity index (χ1n) is 4.46. The van der Waals surface area contributed by atoms with Gasteiger partial charge in [0.2, 0.25) is 0 Å². The predicted molar refractivity (Wildman–Crippen MR) is 55.7 cm³/mol. The zero-order valence-corrected chi connectivity index (χ0v) is 8.16. The summed E-state index contributed by atoms with van der Waals surface area (Å²) in [5.41, 5.74) is 3.35. The summed E-state index contributed by atoms with van der Waals surface area (Å²) in [5, 5.41) is 13.2. The molecule has 0 unspecified atom stereocenters. The van der Waals surface area contributed by atoms with Crippen LogP contribution in [0, 0.1) is 0 Å². The lowest BCUT2D eigenvalue weighted by Gasteiger charge is -1.93. The van der Waals surface area contributed by atoms with Gasteiger partial charge in [0, 0.05) is 12.4 Å². The second-order valence-corrected chi connectivity index (χ2v) is 2.84. The molecule has 0 aliphatic carbocycles. The molecule has 2 aromatic heterocycles. The van der Waals surface area contributed by atoms with E-state index in [1.54, 1.807) is 24.5 Å². The molecule has 0 spiro atoms. The van der Waals surface area contributed by atoms with E-state index in [9.17, 15) is 4.79 Å². The second kappa shape index (κ2) is 4.78. The molecule has 2 rings (SSSR count). The Morgan fingerprint density at radius 1 is 1.44 bits per heavy atom. The molecule has 16 heavy (non-hydrogen) atoms. The number of hydrogen-bond donors (Lipinski definition) is 2. The molecule has 0 fully saturated rings. The lowest BCUT2D eigenvalue weighted by molar-refractivity contribution is 0.0950. The van der Waals surface area contributed by atoms with Gasteiger partial charge in [-0.1, -0.05) is 5.21 Å². The van der Waals surface area contributed by atoms with Crippen molar-refractivity contribution in [3.05, 3.63) is 42.0 Å². The lowest BCUT2D eigenvalue weighted by Crippen LogP contribution is -2.17. The number of nitrogens with one attached hydrogen (secondary N) is 2. The first-order chi connectivity index (χ1) is 7.86. The number of rotatable bonds is 3. The fourth-order valence-electron chi connectivity index (χ4n) is 0.985. The molecule has 2 heterocycles. The Labute approximate surface area is 90.6 Å². The highest BCUT2D eigenvalue weighted by atomic mass is 16.2. The van der Waals surface area contributed by atoms with Gasteiger partial charge < -0.3 is 0 Å². The van der Waals surface area contributed by atoms with Crippen LogP contribution in [0.2, 0.25) is 0 Å². The van der Waals surface area contributed by atoms with E-state index in [0.29, 0.717) is 0 Å². The highest BCUT2D eigenvalue weighted by molar-refractivity contribution is 5.92. The number of aromatic nitrogens is 4. The number of aromatic amines is 1. The van der Waals surface area contributed by atoms with E-state index in [1.807, 2.05) is 0 Å². The lowest BCUT2D eigenvalue weighted by atomic mass is 10.3. The van der Waals surface area contributed by atoms with Crippen molar-refractivity contribution in [2.75, 3.05) is 0 Å². The van der Waals surface area contributed by atoms with Crippen LogP contribution in [0.1, 0.15) is 16.1 Å². The van der Waals surface area contributed by atoms with Gasteiger partial charge in [0.25, 0.3) is 5.91 Å². The Balaban J connectivity index is 1.93. The molecule has 2 aromatic rings. The third-order valence-electron chi connectivity index (χ3n) is 1.74. The molecular formula is C9H8N6O. The van der Waals surface area contributed by atoms with E-state index >= 15 is 0 Å². The molecule has 2 N–H and O–H groups in total. The zero-order valence-electron chi connectivity index (χ0n) is 8.16. The molecule has 7 nitrogen and oxygen atoms in total. The van der Waals surface area contributed by atoms with Crippen molar-refractivity contribution in [3.63, 3.8) is 0 Å². The van der Waals surface area contributed by atoms with Crippen molar-refractivity contribution in [1.82, 2.24) is 25.8 Å². The van der Waals surface area contributed by atoms with Gasteiger partial charge in [-0.25, -0.2) is 5.43 Å². The Morgan fingerprint density at radius 2 is 2.25 bits per heavy atom. The summed E-state index contributed by atoms with van der Waals surface area (Å²) in [6.07, 6.45) is 6.18. The molecule has 7 heteroatoms. The van der Waals surface area contributed by atoms with Gasteiger partial charge in [0.1, 0.15) is 0 Å². The molecule has 0 saturated carbocycles. The fourth-order valence-corrected chi connectivity index (χ4v) is 0.985. The van der Waals surface area contributed by atoms with Crippen LogP contribution in [0.4, 0.5) is 0 Å². The molecule has 0 aliphatic heterocycles. The van der Waals surface area contributed by atoms with E-state index in [-0.39, 0.29) is 5.69 Å². The molecular weight excluding hydrogens is 208 g/mol. The minimum Gasteiger partial charge on any atom is -0.265 e. The maximum Gasteiger partial charge on any atom is 0.293 e. The van der Waals surface area contributed by atoms with Crippen molar-refractivity contribution >= 4 is 12.1 Å².